The highest BCUT2D eigenvalue weighted by molar-refractivity contribution is 5.81. The lowest BCUT2D eigenvalue weighted by atomic mass is 9.96. The van der Waals surface area contributed by atoms with Crippen molar-refractivity contribution in [3.8, 4) is 0 Å². The van der Waals surface area contributed by atoms with Crippen LogP contribution < -0.4 is 5.56 Å². The Balaban J connectivity index is 1.47. The third-order valence-electron chi connectivity index (χ3n) is 7.20. The molecule has 0 unspecified atom stereocenters. The molecule has 1 saturated carbocycles. The van der Waals surface area contributed by atoms with Gasteiger partial charge in [0.2, 0.25) is 11.8 Å². The molecule has 1 aliphatic carbocycles. The van der Waals surface area contributed by atoms with Gasteiger partial charge in [-0.25, -0.2) is 9.50 Å². The molecule has 2 fully saturated rings. The molecule has 166 valence electrons. The van der Waals surface area contributed by atoms with Gasteiger partial charge in [-0.2, -0.15) is 0 Å². The van der Waals surface area contributed by atoms with Crippen molar-refractivity contribution in [2.45, 2.75) is 71.4 Å². The second-order valence-electron chi connectivity index (χ2n) is 9.38. The van der Waals surface area contributed by atoms with Crippen molar-refractivity contribution >= 4 is 17.5 Å². The van der Waals surface area contributed by atoms with Gasteiger partial charge >= 0.3 is 0 Å². The molecule has 0 aromatic carbocycles. The summed E-state index contributed by atoms with van der Waals surface area (Å²) in [5.41, 5.74) is 2.75. The molecule has 2 aliphatic heterocycles. The lowest BCUT2D eigenvalue weighted by molar-refractivity contribution is -0.139. The molecule has 0 radical (unpaired) electrons. The van der Waals surface area contributed by atoms with Crippen molar-refractivity contribution in [1.29, 1.82) is 0 Å². The molecule has 2 atom stereocenters. The first-order valence-corrected chi connectivity index (χ1v) is 11.7. The maximum absolute atomic E-state index is 13.3. The van der Waals surface area contributed by atoms with E-state index < -0.39 is 0 Å². The van der Waals surface area contributed by atoms with E-state index in [1.54, 1.807) is 0 Å². The summed E-state index contributed by atoms with van der Waals surface area (Å²) in [4.78, 5) is 47.3. The highest BCUT2D eigenvalue weighted by Crippen LogP contribution is 2.33. The number of H-pyrrole nitrogens is 1. The Morgan fingerprint density at radius 1 is 1.23 bits per heavy atom. The number of aromatic amines is 1. The maximum atomic E-state index is 13.3. The van der Waals surface area contributed by atoms with Gasteiger partial charge in [0.05, 0.1) is 29.5 Å². The number of rotatable bonds is 4. The minimum atomic E-state index is -0.129. The standard InChI is InChI=1S/C23H31N5O3/c1-3-14(2)21(29)27-10-5-4-6-19(27)18-12-20-24-17-9-11-26(22(30)15-7-8-15)13-16(17)23(31)28(20)25-18/h12,14-15,19,25H,3-11,13H2,1-2H3/t14-,19-/m0/s1. The molecule has 0 bridgehead atoms. The summed E-state index contributed by atoms with van der Waals surface area (Å²) in [5.74, 6) is 0.495. The summed E-state index contributed by atoms with van der Waals surface area (Å²) in [6.07, 6.45) is 6.31. The molecule has 1 N–H and O–H groups in total. The number of aromatic nitrogens is 3. The molecule has 2 aromatic rings. The Morgan fingerprint density at radius 3 is 2.77 bits per heavy atom. The molecule has 31 heavy (non-hydrogen) atoms. The van der Waals surface area contributed by atoms with Crippen LogP contribution >= 0.6 is 0 Å². The van der Waals surface area contributed by atoms with E-state index >= 15 is 0 Å². The van der Waals surface area contributed by atoms with Crippen LogP contribution in [0.4, 0.5) is 0 Å². The molecule has 2 amide bonds. The van der Waals surface area contributed by atoms with Crippen LogP contribution in [-0.2, 0) is 22.6 Å². The molecule has 2 aromatic heterocycles. The molecule has 4 heterocycles. The molecule has 5 rings (SSSR count). The number of amides is 2. The van der Waals surface area contributed by atoms with Crippen molar-refractivity contribution in [2.75, 3.05) is 13.1 Å². The average molecular weight is 426 g/mol. The number of piperidine rings is 1. The lowest BCUT2D eigenvalue weighted by Gasteiger charge is -2.36. The molecule has 1 saturated heterocycles. The van der Waals surface area contributed by atoms with Gasteiger partial charge in [0.25, 0.3) is 5.56 Å². The van der Waals surface area contributed by atoms with Crippen molar-refractivity contribution in [3.05, 3.63) is 33.4 Å². The number of nitrogens with zero attached hydrogens (tertiary/aromatic N) is 4. The minimum Gasteiger partial charge on any atom is -0.337 e. The zero-order chi connectivity index (χ0) is 21.7. The second-order valence-corrected chi connectivity index (χ2v) is 9.38. The van der Waals surface area contributed by atoms with E-state index in [1.165, 1.54) is 4.52 Å². The van der Waals surface area contributed by atoms with E-state index in [-0.39, 0.29) is 35.3 Å². The number of likely N-dealkylation sites (tertiary alicyclic amines) is 1. The quantitative estimate of drug-likeness (QED) is 0.815. The molecular formula is C23H31N5O3. The van der Waals surface area contributed by atoms with Gasteiger partial charge in [-0.05, 0) is 38.5 Å². The van der Waals surface area contributed by atoms with E-state index in [1.807, 2.05) is 29.7 Å². The molecule has 8 nitrogen and oxygen atoms in total. The predicted octanol–water partition coefficient (Wildman–Crippen LogP) is 2.42. The summed E-state index contributed by atoms with van der Waals surface area (Å²) < 4.78 is 1.50. The highest BCUT2D eigenvalue weighted by Gasteiger charge is 2.36. The van der Waals surface area contributed by atoms with Crippen LogP contribution in [0.3, 0.4) is 0 Å². The zero-order valence-corrected chi connectivity index (χ0v) is 18.4. The summed E-state index contributed by atoms with van der Waals surface area (Å²) in [6.45, 7) is 5.74. The van der Waals surface area contributed by atoms with Gasteiger partial charge in [0, 0.05) is 37.4 Å². The van der Waals surface area contributed by atoms with Gasteiger partial charge < -0.3 is 9.80 Å². The zero-order valence-electron chi connectivity index (χ0n) is 18.4. The Bertz CT molecular complexity index is 1080. The fraction of sp³-hybridized carbons (Fsp3) is 0.652. The lowest BCUT2D eigenvalue weighted by Crippen LogP contribution is -2.41. The van der Waals surface area contributed by atoms with Crippen molar-refractivity contribution < 1.29 is 9.59 Å². The topological polar surface area (TPSA) is 90.8 Å². The predicted molar refractivity (Wildman–Crippen MR) is 115 cm³/mol. The summed E-state index contributed by atoms with van der Waals surface area (Å²) in [6, 6.07) is 1.87. The second kappa shape index (κ2) is 7.80. The van der Waals surface area contributed by atoms with E-state index in [0.717, 1.165) is 56.5 Å². The molecule has 3 aliphatic rings. The molecular weight excluding hydrogens is 394 g/mol. The van der Waals surface area contributed by atoms with Crippen LogP contribution in [0.2, 0.25) is 0 Å². The SMILES string of the molecule is CC[C@H](C)C(=O)N1CCCC[C@H]1c1cc2nc3c(c(=O)n2[nH]1)CN(C(=O)C1CC1)CC3. The largest absolute Gasteiger partial charge is 0.337 e. The maximum Gasteiger partial charge on any atom is 0.277 e. The first kappa shape index (κ1) is 20.3. The van der Waals surface area contributed by atoms with Gasteiger partial charge in [-0.1, -0.05) is 13.8 Å². The minimum absolute atomic E-state index is 0.00636. The van der Waals surface area contributed by atoms with E-state index in [9.17, 15) is 14.4 Å². The highest BCUT2D eigenvalue weighted by atomic mass is 16.2. The van der Waals surface area contributed by atoms with Crippen molar-refractivity contribution in [2.24, 2.45) is 11.8 Å². The fourth-order valence-corrected chi connectivity index (χ4v) is 4.92. The number of carbonyl (C=O) groups is 2. The summed E-state index contributed by atoms with van der Waals surface area (Å²) in [7, 11) is 0. The van der Waals surface area contributed by atoms with E-state index in [4.69, 9.17) is 4.98 Å². The van der Waals surface area contributed by atoms with Gasteiger partial charge in [-0.3, -0.25) is 19.5 Å². The number of nitrogens with one attached hydrogen (secondary N) is 1. The number of hydrogen-bond donors (Lipinski definition) is 1. The summed E-state index contributed by atoms with van der Waals surface area (Å²) >= 11 is 0. The van der Waals surface area contributed by atoms with Crippen LogP contribution in [0.5, 0.6) is 0 Å². The van der Waals surface area contributed by atoms with Gasteiger partial charge in [0.15, 0.2) is 5.65 Å². The van der Waals surface area contributed by atoms with Gasteiger partial charge in [-0.15, -0.1) is 0 Å². The first-order chi connectivity index (χ1) is 15.0. The van der Waals surface area contributed by atoms with Crippen LogP contribution in [0.25, 0.3) is 5.65 Å². The first-order valence-electron chi connectivity index (χ1n) is 11.7. The Labute approximate surface area is 181 Å². The van der Waals surface area contributed by atoms with Crippen LogP contribution in [-0.4, -0.2) is 49.3 Å². The summed E-state index contributed by atoms with van der Waals surface area (Å²) in [5, 5.41) is 3.25. The van der Waals surface area contributed by atoms with Gasteiger partial charge in [0.1, 0.15) is 0 Å². The Kier molecular flexibility index (Phi) is 5.10. The molecule has 0 spiro atoms. The monoisotopic (exact) mass is 425 g/mol. The van der Waals surface area contributed by atoms with Crippen LogP contribution in [0, 0.1) is 11.8 Å². The van der Waals surface area contributed by atoms with E-state index in [2.05, 4.69) is 5.10 Å². The smallest absolute Gasteiger partial charge is 0.277 e. The number of fused-ring (bicyclic) bond motifs is 2. The average Bonchev–Trinajstić information content (AvgIpc) is 3.56. The normalized spacial score (nSPS) is 22.5. The van der Waals surface area contributed by atoms with E-state index in [0.29, 0.717) is 30.7 Å². The Hall–Kier alpha value is -2.64. The van der Waals surface area contributed by atoms with Crippen molar-refractivity contribution in [3.63, 3.8) is 0 Å². The number of hydrogen-bond acceptors (Lipinski definition) is 4. The van der Waals surface area contributed by atoms with Crippen LogP contribution in [0.15, 0.2) is 10.9 Å². The van der Waals surface area contributed by atoms with Crippen molar-refractivity contribution in [1.82, 2.24) is 24.4 Å². The van der Waals surface area contributed by atoms with Crippen LogP contribution in [0.1, 0.15) is 75.4 Å². The third-order valence-corrected chi connectivity index (χ3v) is 7.20. The Morgan fingerprint density at radius 2 is 2.03 bits per heavy atom. The third kappa shape index (κ3) is 3.55. The number of carbonyl (C=O) groups excluding carboxylic acids is 2. The molecule has 8 heteroatoms. The fourth-order valence-electron chi connectivity index (χ4n) is 4.92.